The van der Waals surface area contributed by atoms with Crippen molar-refractivity contribution in [3.8, 4) is 0 Å². The molecule has 0 saturated carbocycles. The van der Waals surface area contributed by atoms with Crippen LogP contribution in [0.25, 0.3) is 0 Å². The molecule has 0 radical (unpaired) electrons. The molecule has 0 heterocycles. The fourth-order valence-electron chi connectivity index (χ4n) is 14.7. The van der Waals surface area contributed by atoms with E-state index in [4.69, 9.17) is 9.98 Å². The van der Waals surface area contributed by atoms with Gasteiger partial charge in [0, 0.05) is 0 Å². The summed E-state index contributed by atoms with van der Waals surface area (Å²) in [5.74, 6) is 0. The Morgan fingerprint density at radius 2 is 0.372 bits per heavy atom. The molecule has 0 aliphatic rings. The average Bonchev–Trinajstić information content (AvgIpc) is 0.940. The summed E-state index contributed by atoms with van der Waals surface area (Å²) in [5, 5.41) is 0. The molecule has 0 aliphatic carbocycles. The molecule has 0 N–H and O–H groups in total. The van der Waals surface area contributed by atoms with Crippen molar-refractivity contribution in [1.82, 2.24) is 0 Å². The van der Waals surface area contributed by atoms with Crippen molar-refractivity contribution in [2.24, 2.45) is 9.98 Å². The zero-order valence-corrected chi connectivity index (χ0v) is 65.4. The first kappa shape index (κ1) is 90.3. The molecule has 0 bridgehead atoms. The van der Waals surface area contributed by atoms with E-state index in [1.54, 1.807) is 0 Å². The second-order valence-electron chi connectivity index (χ2n) is 30.4. The number of rotatable bonds is 76. The molecule has 0 spiro atoms. The van der Waals surface area contributed by atoms with Gasteiger partial charge in [-0.05, 0) is 86.8 Å². The molecule has 0 saturated heterocycles. The van der Waals surface area contributed by atoms with Crippen LogP contribution in [0.2, 0.25) is 0 Å². The molecule has 2 nitrogen and oxygen atoms in total. The molecule has 94 heavy (non-hydrogen) atoms. The van der Waals surface area contributed by atoms with Crippen molar-refractivity contribution < 1.29 is 16.5 Å². The molecule has 0 amide bonds. The summed E-state index contributed by atoms with van der Waals surface area (Å²) < 4.78 is 0. The third kappa shape index (κ3) is 62.5. The minimum atomic E-state index is 0. The Morgan fingerprint density at radius 3 is 0.574 bits per heavy atom. The molecule has 2 rings (SSSR count). The fraction of sp³-hybridized carbons (Fsp3) is 0.846. The second kappa shape index (κ2) is 75.5. The quantitative estimate of drug-likeness (QED) is 0.0358. The monoisotopic (exact) mass is 1350 g/mol. The Labute approximate surface area is 601 Å². The smallest absolute Gasteiger partial charge is 0.252 e. The van der Waals surface area contributed by atoms with E-state index in [-0.39, 0.29) is 16.5 Å². The zero-order chi connectivity index (χ0) is 66.2. The SMILES string of the molecule is CCCCCCCCCCCCCCCCCCCCCCCCCc1cccc(/N=C(CCCC)\C(CCCCCCCCCCCCCCCCCCCCCCC)=N\c2cccc(CCCCCCCCCCCCCCCCCCCCCCCCC)c2)c1.[Ni+2]. The van der Waals surface area contributed by atoms with Gasteiger partial charge in [-0.15, -0.1) is 0 Å². The first-order chi connectivity index (χ1) is 46.2. The summed E-state index contributed by atoms with van der Waals surface area (Å²) in [5.41, 5.74) is 7.67. The van der Waals surface area contributed by atoms with Crippen molar-refractivity contribution in [3.05, 3.63) is 59.7 Å². The van der Waals surface area contributed by atoms with Gasteiger partial charge >= 0.3 is 16.5 Å². The van der Waals surface area contributed by atoms with Crippen LogP contribution in [-0.4, -0.2) is 11.4 Å². The van der Waals surface area contributed by atoms with E-state index in [0.717, 1.165) is 30.6 Å². The van der Waals surface area contributed by atoms with Gasteiger partial charge in [0.2, 0.25) is 0 Å². The first-order valence-corrected chi connectivity index (χ1v) is 43.5. The molecule has 0 fully saturated rings. The standard InChI is InChI=1S/C91H166N2.Ni/c1-5-9-13-16-19-22-25-28-31-34-37-40-42-45-47-50-53-56-59-62-65-68-71-76-86-78-74-80-88(84-86)92-90(82-12-8-4)91(83-73-70-67-64-61-58-55-52-49-44-39-36-33-30-27-24-21-18-15-11-7-3)93-89-81-75-79-87(85-89)77-72-69-66-63-60-57-54-51-48-46-43-41-38-35-32-29-26-23-20-17-14-10-6-2;/h74-75,78-81,84-85H,5-73,76-77,82-83H2,1-4H3;/q;+2/b92-90-,93-91+;. The van der Waals surface area contributed by atoms with E-state index in [0.29, 0.717) is 0 Å². The van der Waals surface area contributed by atoms with Gasteiger partial charge in [-0.25, -0.2) is 0 Å². The molecule has 548 valence electrons. The van der Waals surface area contributed by atoms with E-state index in [1.807, 2.05) is 0 Å². The van der Waals surface area contributed by atoms with Gasteiger partial charge in [0.25, 0.3) is 0 Å². The van der Waals surface area contributed by atoms with Crippen LogP contribution in [0.3, 0.4) is 0 Å². The van der Waals surface area contributed by atoms with Gasteiger partial charge in [0.15, 0.2) is 0 Å². The molecule has 0 aromatic heterocycles. The van der Waals surface area contributed by atoms with Crippen molar-refractivity contribution in [1.29, 1.82) is 0 Å². The predicted molar refractivity (Wildman–Crippen MR) is 425 cm³/mol. The molecule has 3 heteroatoms. The van der Waals surface area contributed by atoms with Gasteiger partial charge in [0.1, 0.15) is 0 Å². The minimum absolute atomic E-state index is 0. The second-order valence-corrected chi connectivity index (χ2v) is 30.4. The normalized spacial score (nSPS) is 12.0. The number of aliphatic imine (C=N–C) groups is 2. The molecule has 2 aromatic carbocycles. The number of unbranched alkanes of at least 4 members (excludes halogenated alkanes) is 65. The van der Waals surface area contributed by atoms with Gasteiger partial charge < -0.3 is 0 Å². The van der Waals surface area contributed by atoms with Gasteiger partial charge in [-0.3, -0.25) is 9.98 Å². The molecular weight excluding hydrogens is 1180 g/mol. The van der Waals surface area contributed by atoms with Crippen molar-refractivity contribution in [2.45, 2.75) is 496 Å². The van der Waals surface area contributed by atoms with Crippen LogP contribution in [-0.2, 0) is 29.3 Å². The Hall–Kier alpha value is -1.73. The van der Waals surface area contributed by atoms with E-state index in [2.05, 4.69) is 76.2 Å². The summed E-state index contributed by atoms with van der Waals surface area (Å²) in [4.78, 5) is 11.1. The van der Waals surface area contributed by atoms with E-state index >= 15 is 0 Å². The molecule has 2 aromatic rings. The Morgan fingerprint density at radius 1 is 0.202 bits per heavy atom. The van der Waals surface area contributed by atoms with Crippen molar-refractivity contribution >= 4 is 22.8 Å². The van der Waals surface area contributed by atoms with Crippen LogP contribution in [0.1, 0.15) is 495 Å². The minimum Gasteiger partial charge on any atom is -0.252 e. The summed E-state index contributed by atoms with van der Waals surface area (Å²) >= 11 is 0. The van der Waals surface area contributed by atoms with E-state index in [9.17, 15) is 0 Å². The largest absolute Gasteiger partial charge is 2.00 e. The maximum absolute atomic E-state index is 5.58. The third-order valence-corrected chi connectivity index (χ3v) is 21.1. The average molecular weight is 1350 g/mol. The number of nitrogens with zero attached hydrogens (tertiary/aromatic N) is 2. The Kier molecular flexibility index (Phi) is 72.5. The molecule has 0 unspecified atom stereocenters. The van der Waals surface area contributed by atoms with Gasteiger partial charge in [0.05, 0.1) is 22.8 Å². The first-order valence-electron chi connectivity index (χ1n) is 43.5. The fourth-order valence-corrected chi connectivity index (χ4v) is 14.7. The summed E-state index contributed by atoms with van der Waals surface area (Å²) in [7, 11) is 0. The van der Waals surface area contributed by atoms with Crippen LogP contribution in [0.4, 0.5) is 11.4 Å². The number of benzene rings is 2. The molecule has 0 atom stereocenters. The summed E-state index contributed by atoms with van der Waals surface area (Å²) in [6, 6.07) is 18.6. The van der Waals surface area contributed by atoms with Crippen LogP contribution in [0.5, 0.6) is 0 Å². The van der Waals surface area contributed by atoms with Gasteiger partial charge in [-0.2, -0.15) is 0 Å². The van der Waals surface area contributed by atoms with Crippen LogP contribution in [0, 0.1) is 0 Å². The summed E-state index contributed by atoms with van der Waals surface area (Å²) in [6.07, 6.45) is 103. The van der Waals surface area contributed by atoms with Crippen LogP contribution < -0.4 is 0 Å². The van der Waals surface area contributed by atoms with Crippen molar-refractivity contribution in [3.63, 3.8) is 0 Å². The maximum Gasteiger partial charge on any atom is 2.00 e. The summed E-state index contributed by atoms with van der Waals surface area (Å²) in [6.45, 7) is 9.29. The predicted octanol–water partition coefficient (Wildman–Crippen LogP) is 33.4. The van der Waals surface area contributed by atoms with Crippen LogP contribution in [0.15, 0.2) is 58.5 Å². The molecule has 0 aliphatic heterocycles. The van der Waals surface area contributed by atoms with E-state index < -0.39 is 0 Å². The third-order valence-electron chi connectivity index (χ3n) is 21.1. The molecular formula is C91H166N2Ni+2. The number of hydrogen-bond acceptors (Lipinski definition) is 2. The Balaban J connectivity index is 0.0000442. The van der Waals surface area contributed by atoms with Crippen LogP contribution >= 0.6 is 0 Å². The number of aryl methyl sites for hydroxylation is 2. The van der Waals surface area contributed by atoms with Gasteiger partial charge in [-0.1, -0.05) is 469 Å². The van der Waals surface area contributed by atoms with E-state index in [1.165, 1.54) is 472 Å². The topological polar surface area (TPSA) is 24.7 Å². The zero-order valence-electron chi connectivity index (χ0n) is 64.4. The maximum atomic E-state index is 5.58. The Bertz CT molecular complexity index is 1850. The van der Waals surface area contributed by atoms with Crippen molar-refractivity contribution in [2.75, 3.05) is 0 Å². The number of hydrogen-bond donors (Lipinski definition) is 0.